The summed E-state index contributed by atoms with van der Waals surface area (Å²) in [6.07, 6.45) is -0.174. The van der Waals surface area contributed by atoms with Gasteiger partial charge in [0.05, 0.1) is 17.6 Å². The second-order valence-corrected chi connectivity index (χ2v) is 4.69. The van der Waals surface area contributed by atoms with E-state index in [4.69, 9.17) is 10.5 Å². The Kier molecular flexibility index (Phi) is 4.31. The number of amides is 1. The predicted octanol–water partition coefficient (Wildman–Crippen LogP) is 0.703. The van der Waals surface area contributed by atoms with Gasteiger partial charge in [0.1, 0.15) is 0 Å². The topological polar surface area (TPSA) is 98.7 Å². The Balaban J connectivity index is 2.25. The summed E-state index contributed by atoms with van der Waals surface area (Å²) in [5, 5.41) is 10.9. The van der Waals surface area contributed by atoms with Gasteiger partial charge in [0.2, 0.25) is 0 Å². The zero-order valence-electron chi connectivity index (χ0n) is 11.2. The van der Waals surface area contributed by atoms with Crippen LogP contribution in [-0.2, 0) is 4.74 Å². The molecule has 1 aliphatic rings. The van der Waals surface area contributed by atoms with Crippen LogP contribution in [0.25, 0.3) is 0 Å². The second-order valence-electron chi connectivity index (χ2n) is 4.69. The van der Waals surface area contributed by atoms with Gasteiger partial charge in [-0.25, -0.2) is 0 Å². The van der Waals surface area contributed by atoms with Gasteiger partial charge in [0, 0.05) is 36.8 Å². The molecule has 2 rings (SSSR count). The first-order valence-electron chi connectivity index (χ1n) is 6.39. The van der Waals surface area contributed by atoms with Gasteiger partial charge in [0.25, 0.3) is 11.6 Å². The molecule has 0 bridgehead atoms. The molecule has 1 amide bonds. The molecule has 7 heteroatoms. The summed E-state index contributed by atoms with van der Waals surface area (Å²) < 4.78 is 5.41. The van der Waals surface area contributed by atoms with Crippen LogP contribution in [0.4, 0.5) is 5.69 Å². The van der Waals surface area contributed by atoms with E-state index in [0.29, 0.717) is 37.4 Å². The molecule has 1 unspecified atom stereocenters. The summed E-state index contributed by atoms with van der Waals surface area (Å²) in [6, 6.07) is 4.53. The Morgan fingerprint density at radius 2 is 2.35 bits per heavy atom. The van der Waals surface area contributed by atoms with Gasteiger partial charge in [-0.05, 0) is 13.0 Å². The van der Waals surface area contributed by atoms with Crippen molar-refractivity contribution in [3.8, 4) is 0 Å². The van der Waals surface area contributed by atoms with Gasteiger partial charge in [-0.3, -0.25) is 14.9 Å². The fourth-order valence-electron chi connectivity index (χ4n) is 2.27. The minimum Gasteiger partial charge on any atom is -0.373 e. The second kappa shape index (κ2) is 5.98. The maximum Gasteiger partial charge on any atom is 0.273 e. The minimum absolute atomic E-state index is 0.0421. The molecule has 2 N–H and O–H groups in total. The number of morpholine rings is 1. The largest absolute Gasteiger partial charge is 0.373 e. The molecule has 1 heterocycles. The van der Waals surface area contributed by atoms with E-state index in [1.165, 1.54) is 12.1 Å². The Labute approximate surface area is 116 Å². The van der Waals surface area contributed by atoms with Crippen LogP contribution in [0, 0.1) is 17.0 Å². The highest BCUT2D eigenvalue weighted by molar-refractivity contribution is 5.96. The number of rotatable bonds is 3. The van der Waals surface area contributed by atoms with Gasteiger partial charge in [-0.15, -0.1) is 0 Å². The zero-order chi connectivity index (χ0) is 14.7. The van der Waals surface area contributed by atoms with Crippen molar-refractivity contribution in [2.75, 3.05) is 26.2 Å². The molecule has 108 valence electrons. The van der Waals surface area contributed by atoms with E-state index in [9.17, 15) is 14.9 Å². The maximum absolute atomic E-state index is 12.5. The predicted molar refractivity (Wildman–Crippen MR) is 72.5 cm³/mol. The van der Waals surface area contributed by atoms with Crippen LogP contribution in [-0.4, -0.2) is 48.1 Å². The van der Waals surface area contributed by atoms with Gasteiger partial charge < -0.3 is 15.4 Å². The number of nitro benzene ring substituents is 1. The van der Waals surface area contributed by atoms with E-state index < -0.39 is 4.92 Å². The van der Waals surface area contributed by atoms with Gasteiger partial charge in [-0.1, -0.05) is 6.07 Å². The first-order valence-corrected chi connectivity index (χ1v) is 6.39. The van der Waals surface area contributed by atoms with Crippen LogP contribution < -0.4 is 5.73 Å². The summed E-state index contributed by atoms with van der Waals surface area (Å²) in [5.74, 6) is -0.215. The molecule has 1 aliphatic heterocycles. The molecule has 1 atom stereocenters. The van der Waals surface area contributed by atoms with Gasteiger partial charge >= 0.3 is 0 Å². The summed E-state index contributed by atoms with van der Waals surface area (Å²) in [5.41, 5.74) is 6.25. The Hall–Kier alpha value is -1.99. The molecule has 1 aromatic rings. The Bertz CT molecular complexity index is 532. The molecule has 0 spiro atoms. The zero-order valence-corrected chi connectivity index (χ0v) is 11.2. The van der Waals surface area contributed by atoms with Crippen molar-refractivity contribution >= 4 is 11.6 Å². The first kappa shape index (κ1) is 14.4. The first-order chi connectivity index (χ1) is 9.54. The third-order valence-electron chi connectivity index (χ3n) is 3.42. The third-order valence-corrected chi connectivity index (χ3v) is 3.42. The number of hydrogen-bond donors (Lipinski definition) is 1. The van der Waals surface area contributed by atoms with Crippen molar-refractivity contribution in [2.45, 2.75) is 13.0 Å². The fourth-order valence-corrected chi connectivity index (χ4v) is 2.27. The molecule has 0 radical (unpaired) electrons. The van der Waals surface area contributed by atoms with Crippen LogP contribution in [0.2, 0.25) is 0 Å². The molecule has 1 fully saturated rings. The van der Waals surface area contributed by atoms with E-state index in [1.54, 1.807) is 17.9 Å². The van der Waals surface area contributed by atoms with Crippen LogP contribution >= 0.6 is 0 Å². The molecule has 0 saturated carbocycles. The molecule has 0 aliphatic carbocycles. The quantitative estimate of drug-likeness (QED) is 0.648. The van der Waals surface area contributed by atoms with E-state index >= 15 is 0 Å². The monoisotopic (exact) mass is 279 g/mol. The number of nitrogens with zero attached hydrogens (tertiary/aromatic N) is 2. The minimum atomic E-state index is -0.478. The molecule has 1 saturated heterocycles. The van der Waals surface area contributed by atoms with Crippen LogP contribution in [0.3, 0.4) is 0 Å². The molecular formula is C13H17N3O4. The molecular weight excluding hydrogens is 262 g/mol. The van der Waals surface area contributed by atoms with E-state index in [-0.39, 0.29) is 17.7 Å². The Morgan fingerprint density at radius 3 is 3.00 bits per heavy atom. The summed E-state index contributed by atoms with van der Waals surface area (Å²) in [7, 11) is 0. The highest BCUT2D eigenvalue weighted by Gasteiger charge is 2.26. The summed E-state index contributed by atoms with van der Waals surface area (Å²) in [4.78, 5) is 24.5. The lowest BCUT2D eigenvalue weighted by Crippen LogP contribution is -2.48. The SMILES string of the molecule is Cc1c(C(=O)N2CCOC(CN)C2)cccc1[N+](=O)[O-]. The van der Waals surface area contributed by atoms with Crippen molar-refractivity contribution < 1.29 is 14.5 Å². The van der Waals surface area contributed by atoms with Crippen LogP contribution in [0.15, 0.2) is 18.2 Å². The standard InChI is InChI=1S/C13H17N3O4/c1-9-11(3-2-4-12(9)16(18)19)13(17)15-5-6-20-10(7-14)8-15/h2-4,10H,5-8,14H2,1H3. The lowest BCUT2D eigenvalue weighted by Gasteiger charge is -2.32. The van der Waals surface area contributed by atoms with Crippen LogP contribution in [0.5, 0.6) is 0 Å². The molecule has 7 nitrogen and oxygen atoms in total. The van der Waals surface area contributed by atoms with Crippen LogP contribution in [0.1, 0.15) is 15.9 Å². The Morgan fingerprint density at radius 1 is 1.60 bits per heavy atom. The summed E-state index contributed by atoms with van der Waals surface area (Å²) in [6.45, 7) is 3.25. The lowest BCUT2D eigenvalue weighted by molar-refractivity contribution is -0.385. The smallest absolute Gasteiger partial charge is 0.273 e. The van der Waals surface area contributed by atoms with Gasteiger partial charge in [-0.2, -0.15) is 0 Å². The van der Waals surface area contributed by atoms with Crippen molar-refractivity contribution in [3.05, 3.63) is 39.4 Å². The average Bonchev–Trinajstić information content (AvgIpc) is 2.46. The number of nitrogens with two attached hydrogens (primary N) is 1. The number of carbonyl (C=O) groups excluding carboxylic acids is 1. The van der Waals surface area contributed by atoms with Crippen molar-refractivity contribution in [3.63, 3.8) is 0 Å². The van der Waals surface area contributed by atoms with Crippen molar-refractivity contribution in [1.29, 1.82) is 0 Å². The molecule has 20 heavy (non-hydrogen) atoms. The maximum atomic E-state index is 12.5. The molecule has 1 aromatic carbocycles. The van der Waals surface area contributed by atoms with E-state index in [0.717, 1.165) is 0 Å². The highest BCUT2D eigenvalue weighted by Crippen LogP contribution is 2.22. The number of hydrogen-bond acceptors (Lipinski definition) is 5. The van der Waals surface area contributed by atoms with Crippen molar-refractivity contribution in [1.82, 2.24) is 4.90 Å². The highest BCUT2D eigenvalue weighted by atomic mass is 16.6. The van der Waals surface area contributed by atoms with E-state index in [2.05, 4.69) is 0 Å². The number of benzene rings is 1. The summed E-state index contributed by atoms with van der Waals surface area (Å²) >= 11 is 0. The normalized spacial score (nSPS) is 18.9. The third kappa shape index (κ3) is 2.78. The van der Waals surface area contributed by atoms with Gasteiger partial charge in [0.15, 0.2) is 0 Å². The lowest BCUT2D eigenvalue weighted by atomic mass is 10.1. The number of ether oxygens (including phenoxy) is 1. The molecule has 0 aromatic heterocycles. The number of nitro groups is 1. The van der Waals surface area contributed by atoms with E-state index in [1.807, 2.05) is 0 Å². The van der Waals surface area contributed by atoms with Crippen molar-refractivity contribution in [2.24, 2.45) is 5.73 Å². The number of carbonyl (C=O) groups is 1. The fraction of sp³-hybridized carbons (Fsp3) is 0.462. The average molecular weight is 279 g/mol.